The van der Waals surface area contributed by atoms with Crippen LogP contribution in [0.3, 0.4) is 0 Å². The van der Waals surface area contributed by atoms with Gasteiger partial charge in [-0.15, -0.1) is 0 Å². The molecule has 0 saturated heterocycles. The lowest BCUT2D eigenvalue weighted by Gasteiger charge is -2.09. The van der Waals surface area contributed by atoms with Crippen molar-refractivity contribution < 1.29 is 4.79 Å². The number of nitrogen functional groups attached to an aromatic ring is 1. The zero-order chi connectivity index (χ0) is 14.8. The maximum absolute atomic E-state index is 12.2. The normalized spacial score (nSPS) is 10.7. The maximum atomic E-state index is 12.2. The van der Waals surface area contributed by atoms with Crippen molar-refractivity contribution in [1.29, 1.82) is 0 Å². The van der Waals surface area contributed by atoms with Gasteiger partial charge in [0.2, 0.25) is 5.91 Å². The predicted molar refractivity (Wildman–Crippen MR) is 86.2 cm³/mol. The number of aryl methyl sites for hydroxylation is 1. The second-order valence-electron chi connectivity index (χ2n) is 5.14. The first-order chi connectivity index (χ1) is 10.1. The van der Waals surface area contributed by atoms with E-state index in [-0.39, 0.29) is 12.5 Å². The van der Waals surface area contributed by atoms with Crippen LogP contribution in [0.25, 0.3) is 10.9 Å². The number of aromatic nitrogens is 1. The number of rotatable bonds is 3. The predicted octanol–water partition coefficient (Wildman–Crippen LogP) is 3.17. The summed E-state index contributed by atoms with van der Waals surface area (Å²) in [7, 11) is 0. The number of fused-ring (bicyclic) bond motifs is 1. The van der Waals surface area contributed by atoms with E-state index in [1.54, 1.807) is 12.1 Å². The number of nitrogens with two attached hydrogens (primary N) is 1. The molecule has 2 aromatic carbocycles. The van der Waals surface area contributed by atoms with Crippen LogP contribution in [0.2, 0.25) is 0 Å². The number of carbonyl (C=O) groups excluding carboxylic acids is 1. The van der Waals surface area contributed by atoms with Crippen molar-refractivity contribution in [2.75, 3.05) is 11.1 Å². The molecular weight excluding hydrogens is 262 g/mol. The molecule has 0 unspecified atom stereocenters. The van der Waals surface area contributed by atoms with E-state index < -0.39 is 0 Å². The van der Waals surface area contributed by atoms with Crippen LogP contribution >= 0.6 is 0 Å². The summed E-state index contributed by atoms with van der Waals surface area (Å²) in [5.74, 6) is -0.0917. The van der Waals surface area contributed by atoms with Crippen LogP contribution in [0.15, 0.2) is 54.7 Å². The first kappa shape index (κ1) is 13.2. The van der Waals surface area contributed by atoms with Gasteiger partial charge in [0.15, 0.2) is 0 Å². The third kappa shape index (κ3) is 2.74. The highest BCUT2D eigenvalue weighted by atomic mass is 16.1. The second-order valence-corrected chi connectivity index (χ2v) is 5.14. The smallest absolute Gasteiger partial charge is 0.244 e. The Morgan fingerprint density at radius 2 is 2.00 bits per heavy atom. The Labute approximate surface area is 123 Å². The molecule has 0 atom stereocenters. The molecule has 0 saturated carbocycles. The van der Waals surface area contributed by atoms with Crippen LogP contribution in [-0.4, -0.2) is 10.5 Å². The Bertz CT molecular complexity index is 805. The van der Waals surface area contributed by atoms with E-state index in [9.17, 15) is 4.79 Å². The van der Waals surface area contributed by atoms with Gasteiger partial charge in [-0.05, 0) is 42.6 Å². The lowest BCUT2D eigenvalue weighted by molar-refractivity contribution is -0.116. The fourth-order valence-corrected chi connectivity index (χ4v) is 2.41. The molecule has 106 valence electrons. The number of nitrogens with one attached hydrogen (secondary N) is 1. The summed E-state index contributed by atoms with van der Waals surface area (Å²) in [6.45, 7) is 2.32. The fourth-order valence-electron chi connectivity index (χ4n) is 2.41. The number of para-hydroxylation sites is 2. The number of carbonyl (C=O) groups is 1. The molecule has 4 nitrogen and oxygen atoms in total. The summed E-state index contributed by atoms with van der Waals surface area (Å²) in [6.07, 6.45) is 1.93. The quantitative estimate of drug-likeness (QED) is 0.723. The van der Waals surface area contributed by atoms with Crippen LogP contribution in [-0.2, 0) is 11.3 Å². The summed E-state index contributed by atoms with van der Waals surface area (Å²) >= 11 is 0. The van der Waals surface area contributed by atoms with Gasteiger partial charge in [0, 0.05) is 11.7 Å². The average molecular weight is 279 g/mol. The minimum Gasteiger partial charge on any atom is -0.397 e. The second kappa shape index (κ2) is 5.32. The largest absolute Gasteiger partial charge is 0.397 e. The number of hydrogen-bond acceptors (Lipinski definition) is 2. The summed E-state index contributed by atoms with van der Waals surface area (Å²) in [4.78, 5) is 12.2. The SMILES string of the molecule is Cc1ccc2c(ccn2CC(=O)Nc2ccccc2N)c1. The highest BCUT2D eigenvalue weighted by Gasteiger charge is 2.08. The van der Waals surface area contributed by atoms with Gasteiger partial charge in [-0.2, -0.15) is 0 Å². The zero-order valence-electron chi connectivity index (χ0n) is 11.8. The average Bonchev–Trinajstić information content (AvgIpc) is 2.83. The molecule has 1 aromatic heterocycles. The van der Waals surface area contributed by atoms with Gasteiger partial charge in [-0.25, -0.2) is 0 Å². The molecule has 1 heterocycles. The van der Waals surface area contributed by atoms with Gasteiger partial charge < -0.3 is 15.6 Å². The summed E-state index contributed by atoms with van der Waals surface area (Å²) in [5, 5.41) is 3.98. The molecule has 0 aliphatic heterocycles. The van der Waals surface area contributed by atoms with Gasteiger partial charge in [-0.3, -0.25) is 4.79 Å². The van der Waals surface area contributed by atoms with E-state index in [1.807, 2.05) is 41.1 Å². The minimum atomic E-state index is -0.0917. The third-order valence-electron chi connectivity index (χ3n) is 3.48. The maximum Gasteiger partial charge on any atom is 0.244 e. The van der Waals surface area contributed by atoms with Gasteiger partial charge >= 0.3 is 0 Å². The first-order valence-electron chi connectivity index (χ1n) is 6.83. The van der Waals surface area contributed by atoms with E-state index in [2.05, 4.69) is 18.3 Å². The molecule has 0 spiro atoms. The third-order valence-corrected chi connectivity index (χ3v) is 3.48. The van der Waals surface area contributed by atoms with Crippen molar-refractivity contribution in [3.63, 3.8) is 0 Å². The van der Waals surface area contributed by atoms with Crippen LogP contribution < -0.4 is 11.1 Å². The Morgan fingerprint density at radius 3 is 2.81 bits per heavy atom. The van der Waals surface area contributed by atoms with E-state index in [4.69, 9.17) is 5.73 Å². The van der Waals surface area contributed by atoms with Gasteiger partial charge in [0.05, 0.1) is 11.4 Å². The van der Waals surface area contributed by atoms with Crippen molar-refractivity contribution in [2.24, 2.45) is 0 Å². The standard InChI is InChI=1S/C17H17N3O/c1-12-6-7-16-13(10-12)8-9-20(16)11-17(21)19-15-5-3-2-4-14(15)18/h2-10H,11,18H2,1H3,(H,19,21). The van der Waals surface area contributed by atoms with Crippen LogP contribution in [0.4, 0.5) is 11.4 Å². The highest BCUT2D eigenvalue weighted by molar-refractivity contribution is 5.94. The number of nitrogens with zero attached hydrogens (tertiary/aromatic N) is 1. The molecule has 0 aliphatic carbocycles. The van der Waals surface area contributed by atoms with Gasteiger partial charge in [-0.1, -0.05) is 23.8 Å². The van der Waals surface area contributed by atoms with E-state index in [0.717, 1.165) is 10.9 Å². The molecular formula is C17H17N3O. The Kier molecular flexibility index (Phi) is 3.36. The molecule has 21 heavy (non-hydrogen) atoms. The van der Waals surface area contributed by atoms with Gasteiger partial charge in [0.25, 0.3) is 0 Å². The number of anilines is 2. The van der Waals surface area contributed by atoms with Crippen LogP contribution in [0.1, 0.15) is 5.56 Å². The monoisotopic (exact) mass is 279 g/mol. The topological polar surface area (TPSA) is 60.0 Å². The molecule has 3 N–H and O–H groups in total. The number of amides is 1. The molecule has 0 radical (unpaired) electrons. The molecule has 3 aromatic rings. The Balaban J connectivity index is 1.79. The van der Waals surface area contributed by atoms with Crippen molar-refractivity contribution in [3.8, 4) is 0 Å². The zero-order valence-corrected chi connectivity index (χ0v) is 11.8. The fraction of sp³-hybridized carbons (Fsp3) is 0.118. The molecule has 1 amide bonds. The number of hydrogen-bond donors (Lipinski definition) is 2. The molecule has 3 rings (SSSR count). The summed E-state index contributed by atoms with van der Waals surface area (Å²) < 4.78 is 1.93. The van der Waals surface area contributed by atoms with Crippen LogP contribution in [0.5, 0.6) is 0 Å². The van der Waals surface area contributed by atoms with E-state index in [1.165, 1.54) is 5.56 Å². The van der Waals surface area contributed by atoms with E-state index in [0.29, 0.717) is 11.4 Å². The van der Waals surface area contributed by atoms with Crippen molar-refractivity contribution >= 4 is 28.2 Å². The van der Waals surface area contributed by atoms with Crippen LogP contribution in [0, 0.1) is 6.92 Å². The van der Waals surface area contributed by atoms with Crippen molar-refractivity contribution in [1.82, 2.24) is 4.57 Å². The number of benzene rings is 2. The van der Waals surface area contributed by atoms with Gasteiger partial charge in [0.1, 0.15) is 6.54 Å². The minimum absolute atomic E-state index is 0.0917. The lowest BCUT2D eigenvalue weighted by Crippen LogP contribution is -2.18. The molecule has 4 heteroatoms. The van der Waals surface area contributed by atoms with E-state index >= 15 is 0 Å². The highest BCUT2D eigenvalue weighted by Crippen LogP contribution is 2.19. The Hall–Kier alpha value is -2.75. The van der Waals surface area contributed by atoms with Crippen molar-refractivity contribution in [2.45, 2.75) is 13.5 Å². The molecule has 0 fully saturated rings. The lowest BCUT2D eigenvalue weighted by atomic mass is 10.2. The first-order valence-corrected chi connectivity index (χ1v) is 6.83. The van der Waals surface area contributed by atoms with Crippen molar-refractivity contribution in [3.05, 3.63) is 60.3 Å². The summed E-state index contributed by atoms with van der Waals surface area (Å²) in [6, 6.07) is 15.5. The summed E-state index contributed by atoms with van der Waals surface area (Å²) in [5.41, 5.74) is 9.31. The molecule has 0 bridgehead atoms. The Morgan fingerprint density at radius 1 is 1.19 bits per heavy atom. The molecule has 0 aliphatic rings.